The third-order valence-electron chi connectivity index (χ3n) is 4.40. The van der Waals surface area contributed by atoms with Gasteiger partial charge in [-0.25, -0.2) is 4.79 Å². The molecule has 0 bridgehead atoms. The van der Waals surface area contributed by atoms with E-state index in [-0.39, 0.29) is 12.1 Å². The highest BCUT2D eigenvalue weighted by atomic mass is 16.5. The Bertz CT molecular complexity index is 937. The minimum Gasteiger partial charge on any atom is -0.490 e. The minimum atomic E-state index is -0.206. The highest BCUT2D eigenvalue weighted by Gasteiger charge is 2.19. The van der Waals surface area contributed by atoms with Crippen LogP contribution in [0.2, 0.25) is 0 Å². The van der Waals surface area contributed by atoms with Gasteiger partial charge >= 0.3 is 6.03 Å². The Kier molecular flexibility index (Phi) is 4.43. The van der Waals surface area contributed by atoms with E-state index in [0.29, 0.717) is 6.54 Å². The van der Waals surface area contributed by atoms with Crippen LogP contribution in [-0.4, -0.2) is 33.3 Å². The second-order valence-corrected chi connectivity index (χ2v) is 6.48. The molecule has 1 aliphatic heterocycles. The van der Waals surface area contributed by atoms with E-state index >= 15 is 0 Å². The fraction of sp³-hybridized carbons (Fsp3) is 0.316. The van der Waals surface area contributed by atoms with Gasteiger partial charge < -0.3 is 15.4 Å². The molecule has 0 saturated carbocycles. The van der Waals surface area contributed by atoms with Crippen molar-refractivity contribution in [3.05, 3.63) is 54.0 Å². The number of aryl methyl sites for hydroxylation is 1. The van der Waals surface area contributed by atoms with E-state index in [2.05, 4.69) is 20.8 Å². The summed E-state index contributed by atoms with van der Waals surface area (Å²) in [5.41, 5.74) is 2.75. The van der Waals surface area contributed by atoms with Gasteiger partial charge in [-0.2, -0.15) is 0 Å². The van der Waals surface area contributed by atoms with Crippen LogP contribution < -0.4 is 15.4 Å². The van der Waals surface area contributed by atoms with Crippen molar-refractivity contribution in [2.24, 2.45) is 0 Å². The second-order valence-electron chi connectivity index (χ2n) is 6.48. The molecule has 134 valence electrons. The zero-order valence-electron chi connectivity index (χ0n) is 14.6. The van der Waals surface area contributed by atoms with Gasteiger partial charge in [-0.05, 0) is 49.2 Å². The maximum absolute atomic E-state index is 12.1. The molecule has 0 spiro atoms. The molecule has 0 radical (unpaired) electrons. The van der Waals surface area contributed by atoms with Crippen LogP contribution in [0, 0.1) is 0 Å². The molecular weight excluding hydrogens is 330 g/mol. The van der Waals surface area contributed by atoms with Gasteiger partial charge in [0.05, 0.1) is 0 Å². The topological polar surface area (TPSA) is 80.5 Å². The summed E-state index contributed by atoms with van der Waals surface area (Å²) in [4.78, 5) is 12.1. The number of carbonyl (C=O) groups excluding carboxylic acids is 1. The Morgan fingerprint density at radius 2 is 2.23 bits per heavy atom. The highest BCUT2D eigenvalue weighted by molar-refractivity contribution is 5.89. The number of urea groups is 1. The number of amides is 2. The van der Waals surface area contributed by atoms with Gasteiger partial charge in [-0.3, -0.25) is 4.40 Å². The van der Waals surface area contributed by atoms with Gasteiger partial charge in [-0.1, -0.05) is 6.07 Å². The number of pyridine rings is 1. The van der Waals surface area contributed by atoms with E-state index in [4.69, 9.17) is 4.74 Å². The van der Waals surface area contributed by atoms with Gasteiger partial charge in [0.1, 0.15) is 17.7 Å². The van der Waals surface area contributed by atoms with Gasteiger partial charge in [0.25, 0.3) is 0 Å². The van der Waals surface area contributed by atoms with Crippen molar-refractivity contribution in [1.82, 2.24) is 19.9 Å². The molecule has 1 unspecified atom stereocenters. The molecule has 3 aromatic rings. The molecule has 1 aromatic carbocycles. The van der Waals surface area contributed by atoms with Crippen LogP contribution in [-0.2, 0) is 12.8 Å². The van der Waals surface area contributed by atoms with Crippen molar-refractivity contribution in [1.29, 1.82) is 0 Å². The van der Waals surface area contributed by atoms with Crippen LogP contribution >= 0.6 is 0 Å². The Hall–Kier alpha value is -3.09. The molecule has 7 heteroatoms. The SMILES string of the molecule is CC1Cc2cc(NC(=O)NCCCc3nnc4ccccn34)ccc2O1. The number of benzene rings is 1. The molecule has 2 amide bonds. The average molecular weight is 351 g/mol. The molecule has 2 aromatic heterocycles. The number of nitrogens with one attached hydrogen (secondary N) is 2. The highest BCUT2D eigenvalue weighted by Crippen LogP contribution is 2.30. The Labute approximate surface area is 151 Å². The number of hydrogen-bond acceptors (Lipinski definition) is 4. The molecule has 4 rings (SSSR count). The molecule has 26 heavy (non-hydrogen) atoms. The number of fused-ring (bicyclic) bond motifs is 2. The van der Waals surface area contributed by atoms with Crippen LogP contribution in [0.4, 0.5) is 10.5 Å². The zero-order valence-corrected chi connectivity index (χ0v) is 14.6. The van der Waals surface area contributed by atoms with Crippen molar-refractivity contribution in [2.45, 2.75) is 32.3 Å². The predicted molar refractivity (Wildman–Crippen MR) is 98.6 cm³/mol. The van der Waals surface area contributed by atoms with Crippen LogP contribution in [0.3, 0.4) is 0 Å². The summed E-state index contributed by atoms with van der Waals surface area (Å²) in [6.07, 6.45) is 4.56. The van der Waals surface area contributed by atoms with Crippen LogP contribution in [0.25, 0.3) is 5.65 Å². The monoisotopic (exact) mass is 351 g/mol. The first-order valence-electron chi connectivity index (χ1n) is 8.82. The standard InChI is InChI=1S/C19H21N5O2/c1-13-11-14-12-15(7-8-16(14)26-13)21-19(25)20-9-4-6-18-23-22-17-5-2-3-10-24(17)18/h2-3,5,7-8,10,12-13H,4,6,9,11H2,1H3,(H2,20,21,25). The molecule has 3 heterocycles. The van der Waals surface area contributed by atoms with E-state index in [1.165, 1.54) is 0 Å². The summed E-state index contributed by atoms with van der Waals surface area (Å²) >= 11 is 0. The first kappa shape index (κ1) is 16.4. The number of carbonyl (C=O) groups is 1. The molecule has 0 fully saturated rings. The van der Waals surface area contributed by atoms with Crippen molar-refractivity contribution < 1.29 is 9.53 Å². The Balaban J connectivity index is 1.25. The second kappa shape index (κ2) is 7.03. The largest absolute Gasteiger partial charge is 0.490 e. The number of rotatable bonds is 5. The van der Waals surface area contributed by atoms with Gasteiger partial charge in [0, 0.05) is 31.3 Å². The first-order chi connectivity index (χ1) is 12.7. The molecule has 1 atom stereocenters. The number of ether oxygens (including phenoxy) is 1. The van der Waals surface area contributed by atoms with Gasteiger partial charge in [0.2, 0.25) is 0 Å². The van der Waals surface area contributed by atoms with Gasteiger partial charge in [-0.15, -0.1) is 10.2 Å². The van der Waals surface area contributed by atoms with Gasteiger partial charge in [0.15, 0.2) is 5.65 Å². The lowest BCUT2D eigenvalue weighted by Gasteiger charge is -2.08. The summed E-state index contributed by atoms with van der Waals surface area (Å²) in [7, 11) is 0. The van der Waals surface area contributed by atoms with Crippen LogP contribution in [0.1, 0.15) is 24.7 Å². The summed E-state index contributed by atoms with van der Waals surface area (Å²) in [5.74, 6) is 1.81. The van der Waals surface area contributed by atoms with E-state index < -0.39 is 0 Å². The fourth-order valence-corrected chi connectivity index (χ4v) is 3.18. The third kappa shape index (κ3) is 3.46. The summed E-state index contributed by atoms with van der Waals surface area (Å²) in [6.45, 7) is 2.61. The Morgan fingerprint density at radius 1 is 1.31 bits per heavy atom. The molecule has 1 aliphatic rings. The normalized spacial score (nSPS) is 15.5. The lowest BCUT2D eigenvalue weighted by Crippen LogP contribution is -2.29. The van der Waals surface area contributed by atoms with Crippen molar-refractivity contribution in [3.8, 4) is 5.75 Å². The van der Waals surface area contributed by atoms with Crippen LogP contribution in [0.5, 0.6) is 5.75 Å². The van der Waals surface area contributed by atoms with Crippen molar-refractivity contribution in [3.63, 3.8) is 0 Å². The van der Waals surface area contributed by atoms with Crippen molar-refractivity contribution >= 4 is 17.4 Å². The quantitative estimate of drug-likeness (QED) is 0.693. The first-order valence-corrected chi connectivity index (χ1v) is 8.82. The molecule has 0 saturated heterocycles. The number of anilines is 1. The predicted octanol–water partition coefficient (Wildman–Crippen LogP) is 2.81. The zero-order chi connectivity index (χ0) is 17.9. The maximum Gasteiger partial charge on any atom is 0.319 e. The minimum absolute atomic E-state index is 0.197. The van der Waals surface area contributed by atoms with Crippen molar-refractivity contribution in [2.75, 3.05) is 11.9 Å². The summed E-state index contributed by atoms with van der Waals surface area (Å²) in [5, 5.41) is 14.1. The summed E-state index contributed by atoms with van der Waals surface area (Å²) < 4.78 is 7.64. The molecule has 7 nitrogen and oxygen atoms in total. The third-order valence-corrected chi connectivity index (χ3v) is 4.40. The molecule has 2 N–H and O–H groups in total. The van der Waals surface area contributed by atoms with E-state index in [1.807, 2.05) is 53.9 Å². The fourth-order valence-electron chi connectivity index (χ4n) is 3.18. The summed E-state index contributed by atoms with van der Waals surface area (Å²) in [6, 6.07) is 11.3. The average Bonchev–Trinajstić information content (AvgIpc) is 3.21. The lowest BCUT2D eigenvalue weighted by atomic mass is 10.1. The lowest BCUT2D eigenvalue weighted by molar-refractivity contribution is 0.252. The van der Waals surface area contributed by atoms with Crippen LogP contribution in [0.15, 0.2) is 42.6 Å². The van der Waals surface area contributed by atoms with E-state index in [1.54, 1.807) is 0 Å². The maximum atomic E-state index is 12.1. The molecule has 0 aliphatic carbocycles. The smallest absolute Gasteiger partial charge is 0.319 e. The Morgan fingerprint density at radius 3 is 3.15 bits per heavy atom. The number of aromatic nitrogens is 3. The van der Waals surface area contributed by atoms with E-state index in [0.717, 1.165) is 47.7 Å². The number of nitrogens with zero attached hydrogens (tertiary/aromatic N) is 3. The van der Waals surface area contributed by atoms with E-state index in [9.17, 15) is 4.79 Å². The molecular formula is C19H21N5O2. The number of hydrogen-bond donors (Lipinski definition) is 2.